The maximum Gasteiger partial charge on any atom is 0.334 e. The normalized spacial score (nSPS) is 11.5. The molecule has 1 aromatic rings. The molecule has 7 heteroatoms. The molecule has 19 heavy (non-hydrogen) atoms. The SMILES string of the molecule is COc1ccc(CNC(=O)NC[C@H](O)C(=O)O)cc1. The van der Waals surface area contributed by atoms with Crippen LogP contribution in [0.15, 0.2) is 24.3 Å². The molecule has 0 saturated carbocycles. The number of urea groups is 1. The van der Waals surface area contributed by atoms with E-state index in [9.17, 15) is 9.59 Å². The summed E-state index contributed by atoms with van der Waals surface area (Å²) in [6.45, 7) is -0.0528. The third-order valence-corrected chi connectivity index (χ3v) is 2.35. The lowest BCUT2D eigenvalue weighted by Gasteiger charge is -2.09. The standard InChI is InChI=1S/C12H16N2O5/c1-19-9-4-2-8(3-5-9)6-13-12(18)14-7-10(15)11(16)17/h2-5,10,15H,6-7H2,1H3,(H,16,17)(H2,13,14,18)/t10-/m0/s1. The van der Waals surface area contributed by atoms with Crippen molar-refractivity contribution in [2.24, 2.45) is 0 Å². The van der Waals surface area contributed by atoms with Crippen molar-refractivity contribution in [1.29, 1.82) is 0 Å². The monoisotopic (exact) mass is 268 g/mol. The molecule has 104 valence electrons. The van der Waals surface area contributed by atoms with Gasteiger partial charge in [-0.1, -0.05) is 12.1 Å². The van der Waals surface area contributed by atoms with Crippen molar-refractivity contribution in [3.63, 3.8) is 0 Å². The smallest absolute Gasteiger partial charge is 0.334 e. The number of ether oxygens (including phenoxy) is 1. The van der Waals surface area contributed by atoms with Crippen molar-refractivity contribution >= 4 is 12.0 Å². The largest absolute Gasteiger partial charge is 0.497 e. The molecule has 1 rings (SSSR count). The first-order valence-electron chi connectivity index (χ1n) is 5.58. The second kappa shape index (κ2) is 7.22. The van der Waals surface area contributed by atoms with Gasteiger partial charge >= 0.3 is 12.0 Å². The molecule has 0 aliphatic heterocycles. The number of amides is 2. The van der Waals surface area contributed by atoms with Gasteiger partial charge in [0.2, 0.25) is 0 Å². The molecule has 0 saturated heterocycles. The highest BCUT2D eigenvalue weighted by molar-refractivity contribution is 5.76. The number of benzene rings is 1. The number of methoxy groups -OCH3 is 1. The highest BCUT2D eigenvalue weighted by Gasteiger charge is 2.13. The molecule has 0 aliphatic rings. The van der Waals surface area contributed by atoms with Gasteiger partial charge in [-0.15, -0.1) is 0 Å². The molecule has 2 amide bonds. The third kappa shape index (κ3) is 5.26. The van der Waals surface area contributed by atoms with Crippen molar-refractivity contribution in [3.05, 3.63) is 29.8 Å². The molecule has 0 aromatic heterocycles. The minimum atomic E-state index is -1.60. The van der Waals surface area contributed by atoms with Gasteiger partial charge in [0.1, 0.15) is 5.75 Å². The van der Waals surface area contributed by atoms with Gasteiger partial charge in [0.05, 0.1) is 13.7 Å². The van der Waals surface area contributed by atoms with E-state index in [0.717, 1.165) is 11.3 Å². The van der Waals surface area contributed by atoms with Gasteiger partial charge in [0, 0.05) is 6.54 Å². The molecule has 1 atom stereocenters. The summed E-state index contributed by atoms with van der Waals surface area (Å²) < 4.78 is 5.00. The van der Waals surface area contributed by atoms with Gasteiger partial charge in [-0.3, -0.25) is 0 Å². The Hall–Kier alpha value is -2.28. The molecule has 0 spiro atoms. The second-order valence-electron chi connectivity index (χ2n) is 3.77. The molecule has 0 bridgehead atoms. The van der Waals surface area contributed by atoms with Gasteiger partial charge < -0.3 is 25.6 Å². The second-order valence-corrected chi connectivity index (χ2v) is 3.77. The Kier molecular flexibility index (Phi) is 5.62. The van der Waals surface area contributed by atoms with Crippen LogP contribution in [0.5, 0.6) is 5.75 Å². The molecular formula is C12H16N2O5. The van der Waals surface area contributed by atoms with Gasteiger partial charge in [-0.05, 0) is 17.7 Å². The Labute approximate surface area is 110 Å². The van der Waals surface area contributed by atoms with Crippen molar-refractivity contribution in [1.82, 2.24) is 10.6 Å². The third-order valence-electron chi connectivity index (χ3n) is 2.35. The van der Waals surface area contributed by atoms with Crippen LogP contribution in [0.1, 0.15) is 5.56 Å². The van der Waals surface area contributed by atoms with Crippen LogP contribution < -0.4 is 15.4 Å². The fourth-order valence-corrected chi connectivity index (χ4v) is 1.26. The number of hydrogen-bond acceptors (Lipinski definition) is 4. The van der Waals surface area contributed by atoms with E-state index in [4.69, 9.17) is 14.9 Å². The van der Waals surface area contributed by atoms with Gasteiger partial charge in [-0.25, -0.2) is 9.59 Å². The van der Waals surface area contributed by atoms with Crippen molar-refractivity contribution in [3.8, 4) is 5.75 Å². The Morgan fingerprint density at radius 3 is 2.42 bits per heavy atom. The molecule has 1 aromatic carbocycles. The van der Waals surface area contributed by atoms with Gasteiger partial charge in [-0.2, -0.15) is 0 Å². The van der Waals surface area contributed by atoms with Crippen molar-refractivity contribution in [2.75, 3.05) is 13.7 Å². The lowest BCUT2D eigenvalue weighted by molar-refractivity contribution is -0.146. The molecule has 0 radical (unpaired) electrons. The zero-order chi connectivity index (χ0) is 14.3. The van der Waals surface area contributed by atoms with Crippen LogP contribution in [0.3, 0.4) is 0 Å². The van der Waals surface area contributed by atoms with Gasteiger partial charge in [0.15, 0.2) is 6.10 Å². The highest BCUT2D eigenvalue weighted by Crippen LogP contribution is 2.10. The molecular weight excluding hydrogens is 252 g/mol. The summed E-state index contributed by atoms with van der Waals surface area (Å²) >= 11 is 0. The average molecular weight is 268 g/mol. The number of carbonyl (C=O) groups is 2. The number of carboxylic acid groups (broad SMARTS) is 1. The van der Waals surface area contributed by atoms with E-state index in [1.165, 1.54) is 0 Å². The van der Waals surface area contributed by atoms with E-state index in [1.807, 2.05) is 0 Å². The van der Waals surface area contributed by atoms with Crippen LogP contribution in [0.4, 0.5) is 4.79 Å². The van der Waals surface area contributed by atoms with Gasteiger partial charge in [0.25, 0.3) is 0 Å². The average Bonchev–Trinajstić information content (AvgIpc) is 2.42. The zero-order valence-electron chi connectivity index (χ0n) is 10.4. The number of carboxylic acids is 1. The summed E-state index contributed by atoms with van der Waals surface area (Å²) in [5.41, 5.74) is 0.870. The number of aliphatic carboxylic acids is 1. The van der Waals surface area contributed by atoms with Crippen LogP contribution in [0, 0.1) is 0 Å². The lowest BCUT2D eigenvalue weighted by Crippen LogP contribution is -2.41. The molecule has 0 unspecified atom stereocenters. The summed E-state index contributed by atoms with van der Waals surface area (Å²) in [6, 6.07) is 6.58. The van der Waals surface area contributed by atoms with Crippen LogP contribution in [-0.2, 0) is 11.3 Å². The number of nitrogens with one attached hydrogen (secondary N) is 2. The summed E-state index contributed by atoms with van der Waals surface area (Å²) in [7, 11) is 1.56. The molecule has 0 aliphatic carbocycles. The predicted molar refractivity (Wildman–Crippen MR) is 66.9 cm³/mol. The zero-order valence-corrected chi connectivity index (χ0v) is 10.4. The number of rotatable bonds is 6. The number of hydrogen-bond donors (Lipinski definition) is 4. The Morgan fingerprint density at radius 2 is 1.89 bits per heavy atom. The topological polar surface area (TPSA) is 108 Å². The minimum Gasteiger partial charge on any atom is -0.497 e. The number of aliphatic hydroxyl groups is 1. The van der Waals surface area contributed by atoms with Crippen LogP contribution in [0.2, 0.25) is 0 Å². The van der Waals surface area contributed by atoms with E-state index in [2.05, 4.69) is 10.6 Å². The minimum absolute atomic E-state index is 0.291. The maximum absolute atomic E-state index is 11.3. The Balaban J connectivity index is 2.31. The highest BCUT2D eigenvalue weighted by atomic mass is 16.5. The molecule has 4 N–H and O–H groups in total. The van der Waals surface area contributed by atoms with Crippen LogP contribution in [-0.4, -0.2) is 42.0 Å². The van der Waals surface area contributed by atoms with Crippen LogP contribution >= 0.6 is 0 Å². The molecule has 0 fully saturated rings. The first-order chi connectivity index (χ1) is 9.02. The van der Waals surface area contributed by atoms with E-state index in [1.54, 1.807) is 31.4 Å². The van der Waals surface area contributed by atoms with Crippen LogP contribution in [0.25, 0.3) is 0 Å². The van der Waals surface area contributed by atoms with E-state index >= 15 is 0 Å². The maximum atomic E-state index is 11.3. The summed E-state index contributed by atoms with van der Waals surface area (Å²) in [5.74, 6) is -0.659. The van der Waals surface area contributed by atoms with E-state index < -0.39 is 18.1 Å². The Bertz CT molecular complexity index is 432. The van der Waals surface area contributed by atoms with E-state index in [-0.39, 0.29) is 6.54 Å². The lowest BCUT2D eigenvalue weighted by atomic mass is 10.2. The quantitative estimate of drug-likeness (QED) is 0.578. The summed E-state index contributed by atoms with van der Waals surface area (Å²) in [6.07, 6.45) is -1.60. The first-order valence-corrected chi connectivity index (χ1v) is 5.58. The first kappa shape index (κ1) is 14.8. The van der Waals surface area contributed by atoms with E-state index in [0.29, 0.717) is 6.54 Å². The number of aliphatic hydroxyl groups excluding tert-OH is 1. The fourth-order valence-electron chi connectivity index (χ4n) is 1.26. The number of carbonyl (C=O) groups excluding carboxylic acids is 1. The van der Waals surface area contributed by atoms with Crippen molar-refractivity contribution in [2.45, 2.75) is 12.6 Å². The summed E-state index contributed by atoms with van der Waals surface area (Å²) in [5, 5.41) is 22.2. The predicted octanol–water partition coefficient (Wildman–Crippen LogP) is -0.0601. The Morgan fingerprint density at radius 1 is 1.26 bits per heavy atom. The fraction of sp³-hybridized carbons (Fsp3) is 0.333. The van der Waals surface area contributed by atoms with Crippen molar-refractivity contribution < 1.29 is 24.5 Å². The molecule has 7 nitrogen and oxygen atoms in total. The summed E-state index contributed by atoms with van der Waals surface area (Å²) in [4.78, 5) is 21.6. The molecule has 0 heterocycles.